The molecule has 0 spiro atoms. The van der Waals surface area contributed by atoms with Crippen LogP contribution in [0.25, 0.3) is 0 Å². The molecule has 3 rings (SSSR count). The van der Waals surface area contributed by atoms with Gasteiger partial charge in [0.15, 0.2) is 0 Å². The summed E-state index contributed by atoms with van der Waals surface area (Å²) >= 11 is 0. The number of amides is 1. The minimum atomic E-state index is -3.47. The highest BCUT2D eigenvalue weighted by molar-refractivity contribution is 7.89. The molecule has 0 aliphatic carbocycles. The highest BCUT2D eigenvalue weighted by Crippen LogP contribution is 2.23. The molecule has 2 aliphatic rings. The van der Waals surface area contributed by atoms with Gasteiger partial charge in [-0.2, -0.15) is 4.31 Å². The second-order valence-electron chi connectivity index (χ2n) is 6.51. The Morgan fingerprint density at radius 1 is 1.12 bits per heavy atom. The maximum Gasteiger partial charge on any atom is 0.243 e. The first-order valence-electron chi connectivity index (χ1n) is 8.69. The van der Waals surface area contributed by atoms with E-state index in [9.17, 15) is 13.2 Å². The largest absolute Gasteiger partial charge is 0.326 e. The first-order valence-corrected chi connectivity index (χ1v) is 10.1. The second-order valence-corrected chi connectivity index (χ2v) is 8.44. The molecule has 0 unspecified atom stereocenters. The standard InChI is InChI=1S/C17H25N3O3S.ClH/c21-17(14-7-9-18-10-8-14)19-15-5-4-6-16(13-15)24(22,23)20-11-2-1-3-12-20;/h4-6,13-14,18H,1-3,7-12H2,(H,19,21);1H. The highest BCUT2D eigenvalue weighted by Gasteiger charge is 2.26. The number of carbonyl (C=O) groups is 1. The van der Waals surface area contributed by atoms with Gasteiger partial charge >= 0.3 is 0 Å². The van der Waals surface area contributed by atoms with Crippen LogP contribution >= 0.6 is 12.4 Å². The summed E-state index contributed by atoms with van der Waals surface area (Å²) in [6.45, 7) is 2.85. The normalized spacial score (nSPS) is 19.8. The van der Waals surface area contributed by atoms with E-state index in [-0.39, 0.29) is 29.1 Å². The van der Waals surface area contributed by atoms with Crippen LogP contribution in [-0.2, 0) is 14.8 Å². The van der Waals surface area contributed by atoms with E-state index in [1.54, 1.807) is 28.6 Å². The van der Waals surface area contributed by atoms with E-state index in [1.807, 2.05) is 0 Å². The van der Waals surface area contributed by atoms with Crippen molar-refractivity contribution in [2.75, 3.05) is 31.5 Å². The SMILES string of the molecule is Cl.O=C(Nc1cccc(S(=O)(=O)N2CCCCC2)c1)C1CCNCC1. The summed E-state index contributed by atoms with van der Waals surface area (Å²) in [5.41, 5.74) is 0.552. The summed E-state index contributed by atoms with van der Waals surface area (Å²) in [4.78, 5) is 12.6. The van der Waals surface area contributed by atoms with Crippen molar-refractivity contribution in [1.82, 2.24) is 9.62 Å². The molecule has 2 N–H and O–H groups in total. The molecule has 2 saturated heterocycles. The lowest BCUT2D eigenvalue weighted by atomic mass is 9.97. The molecule has 8 heteroatoms. The Labute approximate surface area is 155 Å². The molecular weight excluding hydrogens is 362 g/mol. The first kappa shape index (κ1) is 20.2. The third-order valence-electron chi connectivity index (χ3n) is 4.76. The van der Waals surface area contributed by atoms with Crippen LogP contribution < -0.4 is 10.6 Å². The molecule has 25 heavy (non-hydrogen) atoms. The van der Waals surface area contributed by atoms with Crippen LogP contribution in [0.1, 0.15) is 32.1 Å². The van der Waals surface area contributed by atoms with Crippen LogP contribution in [-0.4, -0.2) is 44.8 Å². The molecule has 140 valence electrons. The third kappa shape index (κ3) is 4.94. The summed E-state index contributed by atoms with van der Waals surface area (Å²) < 4.78 is 27.0. The molecule has 1 amide bonds. The average molecular weight is 388 g/mol. The monoisotopic (exact) mass is 387 g/mol. The number of hydrogen-bond acceptors (Lipinski definition) is 4. The van der Waals surface area contributed by atoms with E-state index in [0.29, 0.717) is 18.8 Å². The minimum absolute atomic E-state index is 0. The van der Waals surface area contributed by atoms with E-state index in [4.69, 9.17) is 0 Å². The molecule has 0 aromatic heterocycles. The lowest BCUT2D eigenvalue weighted by molar-refractivity contribution is -0.120. The number of benzene rings is 1. The summed E-state index contributed by atoms with van der Waals surface area (Å²) in [5, 5.41) is 6.11. The van der Waals surface area contributed by atoms with Crippen molar-refractivity contribution in [1.29, 1.82) is 0 Å². The summed E-state index contributed by atoms with van der Waals surface area (Å²) in [7, 11) is -3.47. The number of rotatable bonds is 4. The van der Waals surface area contributed by atoms with Crippen LogP contribution in [0.15, 0.2) is 29.2 Å². The molecular formula is C17H26ClN3O3S. The quantitative estimate of drug-likeness (QED) is 0.830. The Morgan fingerprint density at radius 2 is 1.80 bits per heavy atom. The van der Waals surface area contributed by atoms with Gasteiger partial charge in [-0.25, -0.2) is 8.42 Å². The lowest BCUT2D eigenvalue weighted by Gasteiger charge is -2.26. The Morgan fingerprint density at radius 3 is 2.48 bits per heavy atom. The van der Waals surface area contributed by atoms with Gasteiger partial charge in [-0.3, -0.25) is 4.79 Å². The van der Waals surface area contributed by atoms with Gasteiger partial charge in [0.2, 0.25) is 15.9 Å². The van der Waals surface area contributed by atoms with Gasteiger partial charge in [0.1, 0.15) is 0 Å². The summed E-state index contributed by atoms with van der Waals surface area (Å²) in [6.07, 6.45) is 4.53. The molecule has 0 atom stereocenters. The van der Waals surface area contributed by atoms with Crippen molar-refractivity contribution >= 4 is 34.0 Å². The van der Waals surface area contributed by atoms with Crippen LogP contribution in [0.4, 0.5) is 5.69 Å². The van der Waals surface area contributed by atoms with Crippen molar-refractivity contribution in [3.05, 3.63) is 24.3 Å². The van der Waals surface area contributed by atoms with Crippen molar-refractivity contribution in [3.8, 4) is 0 Å². The second kappa shape index (κ2) is 8.98. The molecule has 1 aromatic carbocycles. The molecule has 0 radical (unpaired) electrons. The van der Waals surface area contributed by atoms with Gasteiger partial charge in [-0.15, -0.1) is 12.4 Å². The fraction of sp³-hybridized carbons (Fsp3) is 0.588. The Kier molecular flexibility index (Phi) is 7.25. The maximum atomic E-state index is 12.7. The zero-order valence-electron chi connectivity index (χ0n) is 14.2. The van der Waals surface area contributed by atoms with Crippen molar-refractivity contribution < 1.29 is 13.2 Å². The topological polar surface area (TPSA) is 78.5 Å². The van der Waals surface area contributed by atoms with Gasteiger partial charge in [0.05, 0.1) is 4.90 Å². The minimum Gasteiger partial charge on any atom is -0.326 e. The van der Waals surface area contributed by atoms with Gasteiger partial charge in [-0.1, -0.05) is 12.5 Å². The van der Waals surface area contributed by atoms with Crippen LogP contribution in [0.3, 0.4) is 0 Å². The zero-order chi connectivity index (χ0) is 17.0. The smallest absolute Gasteiger partial charge is 0.243 e. The number of nitrogens with zero attached hydrogens (tertiary/aromatic N) is 1. The van der Waals surface area contributed by atoms with Crippen molar-refractivity contribution in [3.63, 3.8) is 0 Å². The zero-order valence-corrected chi connectivity index (χ0v) is 15.9. The molecule has 2 fully saturated rings. The molecule has 2 aliphatic heterocycles. The maximum absolute atomic E-state index is 12.7. The third-order valence-corrected chi connectivity index (χ3v) is 6.66. The molecule has 6 nitrogen and oxygen atoms in total. The Hall–Kier alpha value is -1.15. The number of halogens is 1. The predicted molar refractivity (Wildman–Crippen MR) is 101 cm³/mol. The van der Waals surface area contributed by atoms with Crippen LogP contribution in [0.2, 0.25) is 0 Å². The van der Waals surface area contributed by atoms with E-state index in [0.717, 1.165) is 45.2 Å². The van der Waals surface area contributed by atoms with Gasteiger partial charge < -0.3 is 10.6 Å². The number of anilines is 1. The molecule has 1 aromatic rings. The molecule has 0 bridgehead atoms. The average Bonchev–Trinajstić information content (AvgIpc) is 2.63. The summed E-state index contributed by atoms with van der Waals surface area (Å²) in [6, 6.07) is 6.61. The number of nitrogens with one attached hydrogen (secondary N) is 2. The van der Waals surface area contributed by atoms with Gasteiger partial charge in [0.25, 0.3) is 0 Å². The van der Waals surface area contributed by atoms with Crippen LogP contribution in [0.5, 0.6) is 0 Å². The van der Waals surface area contributed by atoms with E-state index in [2.05, 4.69) is 10.6 Å². The van der Waals surface area contributed by atoms with Crippen molar-refractivity contribution in [2.24, 2.45) is 5.92 Å². The Balaban J connectivity index is 0.00000225. The highest BCUT2D eigenvalue weighted by atomic mass is 35.5. The van der Waals surface area contributed by atoms with E-state index < -0.39 is 10.0 Å². The number of sulfonamides is 1. The van der Waals surface area contributed by atoms with Gasteiger partial charge in [0, 0.05) is 24.7 Å². The van der Waals surface area contributed by atoms with E-state index >= 15 is 0 Å². The number of hydrogen-bond donors (Lipinski definition) is 2. The summed E-state index contributed by atoms with van der Waals surface area (Å²) in [5.74, 6) is -0.0300. The van der Waals surface area contributed by atoms with Crippen LogP contribution in [0, 0.1) is 5.92 Å². The fourth-order valence-corrected chi connectivity index (χ4v) is 4.88. The number of carbonyl (C=O) groups excluding carboxylic acids is 1. The Bertz CT molecular complexity index is 684. The van der Waals surface area contributed by atoms with E-state index in [1.165, 1.54) is 0 Å². The fourth-order valence-electron chi connectivity index (χ4n) is 3.32. The molecule has 2 heterocycles. The number of piperidine rings is 2. The lowest BCUT2D eigenvalue weighted by Crippen LogP contribution is -2.36. The predicted octanol–water partition coefficient (Wildman–Crippen LogP) is 2.22. The van der Waals surface area contributed by atoms with Gasteiger partial charge in [-0.05, 0) is 57.0 Å². The first-order chi connectivity index (χ1) is 11.6. The van der Waals surface area contributed by atoms with Crippen molar-refractivity contribution in [2.45, 2.75) is 37.0 Å². The molecule has 0 saturated carbocycles.